The number of amides is 2. The maximum absolute atomic E-state index is 12.3. The number of nitrogens with one attached hydrogen (secondary N) is 3. The van der Waals surface area contributed by atoms with E-state index < -0.39 is 0 Å². The molecule has 0 radical (unpaired) electrons. The van der Waals surface area contributed by atoms with E-state index in [0.717, 1.165) is 17.0 Å². The first kappa shape index (κ1) is 18.0. The van der Waals surface area contributed by atoms with Crippen LogP contribution in [-0.4, -0.2) is 41.0 Å². The Bertz CT molecular complexity index is 1150. The van der Waals surface area contributed by atoms with Gasteiger partial charge in [0.2, 0.25) is 0 Å². The molecule has 0 aliphatic heterocycles. The fourth-order valence-electron chi connectivity index (χ4n) is 3.09. The monoisotopic (exact) mass is 401 g/mol. The molecule has 1 saturated carbocycles. The van der Waals surface area contributed by atoms with E-state index in [1.165, 1.54) is 19.2 Å². The second kappa shape index (κ2) is 7.74. The first-order valence-corrected chi connectivity index (χ1v) is 9.63. The number of anilines is 1. The van der Waals surface area contributed by atoms with E-state index >= 15 is 0 Å². The Morgan fingerprint density at radius 3 is 2.83 bits per heavy atom. The molecule has 1 aliphatic carbocycles. The number of carbonyl (C=O) groups is 1. The van der Waals surface area contributed by atoms with Crippen molar-refractivity contribution >= 4 is 11.7 Å². The molecule has 4 aromatic rings. The molecule has 3 N–H and O–H groups in total. The SMILES string of the molecule is O=C(NCc1cccnc1-n1cncn1)Nc1ccc(-c2n[nH]c(C3CC3)n2)cc1. The van der Waals surface area contributed by atoms with Crippen LogP contribution in [-0.2, 0) is 6.54 Å². The quantitative estimate of drug-likeness (QED) is 0.456. The minimum atomic E-state index is -0.315. The van der Waals surface area contributed by atoms with Gasteiger partial charge in [-0.1, -0.05) is 6.07 Å². The van der Waals surface area contributed by atoms with Gasteiger partial charge in [-0.15, -0.1) is 0 Å². The van der Waals surface area contributed by atoms with Crippen molar-refractivity contribution in [2.24, 2.45) is 0 Å². The van der Waals surface area contributed by atoms with Crippen LogP contribution in [0.4, 0.5) is 10.5 Å². The van der Waals surface area contributed by atoms with E-state index in [-0.39, 0.29) is 6.03 Å². The van der Waals surface area contributed by atoms with Gasteiger partial charge in [-0.3, -0.25) is 5.10 Å². The van der Waals surface area contributed by atoms with Crippen LogP contribution in [0.25, 0.3) is 17.2 Å². The van der Waals surface area contributed by atoms with E-state index in [4.69, 9.17) is 0 Å². The van der Waals surface area contributed by atoms with Crippen LogP contribution in [0.2, 0.25) is 0 Å². The number of hydrogen-bond acceptors (Lipinski definition) is 6. The van der Waals surface area contributed by atoms with Crippen molar-refractivity contribution in [3.05, 3.63) is 66.6 Å². The zero-order chi connectivity index (χ0) is 20.3. The van der Waals surface area contributed by atoms with Gasteiger partial charge in [0.25, 0.3) is 0 Å². The first-order chi connectivity index (χ1) is 14.8. The van der Waals surface area contributed by atoms with Crippen molar-refractivity contribution in [2.75, 3.05) is 5.32 Å². The summed E-state index contributed by atoms with van der Waals surface area (Å²) in [6.45, 7) is 0.300. The lowest BCUT2D eigenvalue weighted by Crippen LogP contribution is -2.28. The minimum absolute atomic E-state index is 0.300. The highest BCUT2D eigenvalue weighted by atomic mass is 16.2. The average molecular weight is 401 g/mol. The largest absolute Gasteiger partial charge is 0.334 e. The molecule has 3 aromatic heterocycles. The van der Waals surface area contributed by atoms with Gasteiger partial charge in [-0.25, -0.2) is 24.4 Å². The highest BCUT2D eigenvalue weighted by molar-refractivity contribution is 5.89. The summed E-state index contributed by atoms with van der Waals surface area (Å²) < 4.78 is 1.56. The van der Waals surface area contributed by atoms with Gasteiger partial charge in [0.05, 0.1) is 0 Å². The zero-order valence-electron chi connectivity index (χ0n) is 16.0. The van der Waals surface area contributed by atoms with Gasteiger partial charge < -0.3 is 10.6 Å². The predicted molar refractivity (Wildman–Crippen MR) is 109 cm³/mol. The third kappa shape index (κ3) is 3.88. The molecule has 1 fully saturated rings. The van der Waals surface area contributed by atoms with E-state index in [0.29, 0.717) is 29.8 Å². The topological polar surface area (TPSA) is 126 Å². The molecule has 0 unspecified atom stereocenters. The Balaban J connectivity index is 1.20. The molecule has 3 heterocycles. The molecule has 30 heavy (non-hydrogen) atoms. The van der Waals surface area contributed by atoms with Crippen LogP contribution in [0.15, 0.2) is 55.2 Å². The number of benzene rings is 1. The molecule has 150 valence electrons. The van der Waals surface area contributed by atoms with E-state index in [1.54, 1.807) is 17.2 Å². The number of carbonyl (C=O) groups excluding carboxylic acids is 1. The summed E-state index contributed by atoms with van der Waals surface area (Å²) in [4.78, 5) is 25.1. The molecule has 0 bridgehead atoms. The first-order valence-electron chi connectivity index (χ1n) is 9.63. The second-order valence-electron chi connectivity index (χ2n) is 7.03. The third-order valence-corrected chi connectivity index (χ3v) is 4.81. The van der Waals surface area contributed by atoms with Crippen LogP contribution >= 0.6 is 0 Å². The lowest BCUT2D eigenvalue weighted by Gasteiger charge is -2.10. The van der Waals surface area contributed by atoms with E-state index in [1.807, 2.05) is 36.4 Å². The highest BCUT2D eigenvalue weighted by Gasteiger charge is 2.27. The number of H-pyrrole nitrogens is 1. The zero-order valence-corrected chi connectivity index (χ0v) is 16.0. The number of hydrogen-bond donors (Lipinski definition) is 3. The average Bonchev–Trinajstić information content (AvgIpc) is 3.27. The fraction of sp³-hybridized carbons (Fsp3) is 0.200. The van der Waals surface area contributed by atoms with Crippen molar-refractivity contribution in [1.82, 2.24) is 40.2 Å². The molecular formula is C20H19N9O. The summed E-state index contributed by atoms with van der Waals surface area (Å²) in [5.74, 6) is 2.77. The second-order valence-corrected chi connectivity index (χ2v) is 7.03. The van der Waals surface area contributed by atoms with Gasteiger partial charge in [0.15, 0.2) is 11.6 Å². The lowest BCUT2D eigenvalue weighted by atomic mass is 10.2. The number of nitrogens with zero attached hydrogens (tertiary/aromatic N) is 6. The van der Waals surface area contributed by atoms with Crippen LogP contribution in [0, 0.1) is 0 Å². The van der Waals surface area contributed by atoms with Crippen LogP contribution in [0.3, 0.4) is 0 Å². The summed E-state index contributed by atoms with van der Waals surface area (Å²) in [5, 5.41) is 17.0. The molecular weight excluding hydrogens is 382 g/mol. The normalized spacial score (nSPS) is 13.2. The number of rotatable bonds is 6. The van der Waals surface area contributed by atoms with Gasteiger partial charge in [-0.2, -0.15) is 10.2 Å². The smallest absolute Gasteiger partial charge is 0.319 e. The third-order valence-electron chi connectivity index (χ3n) is 4.81. The van der Waals surface area contributed by atoms with Gasteiger partial charge >= 0.3 is 6.03 Å². The molecule has 1 aromatic carbocycles. The van der Waals surface area contributed by atoms with Crippen molar-refractivity contribution in [1.29, 1.82) is 0 Å². The van der Waals surface area contributed by atoms with Crippen molar-refractivity contribution in [3.63, 3.8) is 0 Å². The molecule has 1 aliphatic rings. The predicted octanol–water partition coefficient (Wildman–Crippen LogP) is 2.65. The standard InChI is InChI=1S/C20H19N9O/c30-20(23-10-15-2-1-9-22-19(15)29-12-21-11-24-29)25-16-7-5-14(6-8-16)18-26-17(27-28-18)13-3-4-13/h1-2,5-9,11-13H,3-4,10H2,(H2,23,25,30)(H,26,27,28). The fourth-order valence-corrected chi connectivity index (χ4v) is 3.09. The van der Waals surface area contributed by atoms with Crippen LogP contribution < -0.4 is 10.6 Å². The van der Waals surface area contributed by atoms with Gasteiger partial charge in [0, 0.05) is 35.5 Å². The Morgan fingerprint density at radius 2 is 2.07 bits per heavy atom. The Morgan fingerprint density at radius 1 is 1.20 bits per heavy atom. The number of urea groups is 1. The molecule has 10 nitrogen and oxygen atoms in total. The summed E-state index contributed by atoms with van der Waals surface area (Å²) in [6, 6.07) is 10.8. The van der Waals surface area contributed by atoms with Crippen molar-refractivity contribution < 1.29 is 4.79 Å². The van der Waals surface area contributed by atoms with Crippen molar-refractivity contribution in [2.45, 2.75) is 25.3 Å². The van der Waals surface area contributed by atoms with E-state index in [9.17, 15) is 4.79 Å². The Kier molecular flexibility index (Phi) is 4.64. The van der Waals surface area contributed by atoms with Gasteiger partial charge in [0.1, 0.15) is 18.5 Å². The molecule has 5 rings (SSSR count). The minimum Gasteiger partial charge on any atom is -0.334 e. The van der Waals surface area contributed by atoms with Crippen LogP contribution in [0.1, 0.15) is 30.1 Å². The van der Waals surface area contributed by atoms with Gasteiger partial charge in [-0.05, 0) is 43.2 Å². The lowest BCUT2D eigenvalue weighted by molar-refractivity contribution is 0.251. The molecule has 0 saturated heterocycles. The Labute approximate surface area is 171 Å². The maximum atomic E-state index is 12.3. The molecule has 2 amide bonds. The van der Waals surface area contributed by atoms with E-state index in [2.05, 4.69) is 40.9 Å². The summed E-state index contributed by atoms with van der Waals surface area (Å²) >= 11 is 0. The Hall–Kier alpha value is -4.08. The summed E-state index contributed by atoms with van der Waals surface area (Å²) in [6.07, 6.45) is 7.02. The highest BCUT2D eigenvalue weighted by Crippen LogP contribution is 2.38. The molecule has 10 heteroatoms. The number of pyridine rings is 1. The van der Waals surface area contributed by atoms with Crippen molar-refractivity contribution in [3.8, 4) is 17.2 Å². The summed E-state index contributed by atoms with van der Waals surface area (Å²) in [7, 11) is 0. The number of aromatic amines is 1. The molecule has 0 spiro atoms. The summed E-state index contributed by atoms with van der Waals surface area (Å²) in [5.41, 5.74) is 2.40. The molecule has 0 atom stereocenters. The number of aromatic nitrogens is 7. The van der Waals surface area contributed by atoms with Crippen LogP contribution in [0.5, 0.6) is 0 Å². The maximum Gasteiger partial charge on any atom is 0.319 e.